The molecule has 0 aromatic heterocycles. The zero-order chi connectivity index (χ0) is 18.7. The Kier molecular flexibility index (Phi) is 5.09. The fourth-order valence-electron chi connectivity index (χ4n) is 2.41. The largest absolute Gasteiger partial charge is 0.482 e. The number of hydrogen-bond donors (Lipinski definition) is 1. The van der Waals surface area contributed by atoms with Gasteiger partial charge in [-0.3, -0.25) is 9.59 Å². The molecular weight excluding hydrogens is 354 g/mol. The summed E-state index contributed by atoms with van der Waals surface area (Å²) in [7, 11) is 0. The first kappa shape index (κ1) is 17.8. The summed E-state index contributed by atoms with van der Waals surface area (Å²) in [5.74, 6) is -1.01. The van der Waals surface area contributed by atoms with Gasteiger partial charge in [-0.1, -0.05) is 24.3 Å². The van der Waals surface area contributed by atoms with Gasteiger partial charge in [-0.05, 0) is 60.2 Å². The number of ether oxygens (including phenoxy) is 1. The summed E-state index contributed by atoms with van der Waals surface area (Å²) in [4.78, 5) is 36.8. The SMILES string of the molecule is Cc1cccc(N2C(=O)SC(=Cc3ccc(OCC(=O)O)cc3)C2=O)c1. The lowest BCUT2D eigenvalue weighted by Crippen LogP contribution is -2.27. The number of thioether (sulfide) groups is 1. The van der Waals surface area contributed by atoms with Crippen LogP contribution in [0.2, 0.25) is 0 Å². The lowest BCUT2D eigenvalue weighted by molar-refractivity contribution is -0.139. The smallest absolute Gasteiger partial charge is 0.341 e. The van der Waals surface area contributed by atoms with Gasteiger partial charge in [-0.25, -0.2) is 9.69 Å². The molecule has 2 aromatic rings. The first-order valence-corrected chi connectivity index (χ1v) is 8.55. The minimum Gasteiger partial charge on any atom is -0.482 e. The Morgan fingerprint density at radius 3 is 2.58 bits per heavy atom. The quantitative estimate of drug-likeness (QED) is 0.809. The van der Waals surface area contributed by atoms with E-state index >= 15 is 0 Å². The Morgan fingerprint density at radius 1 is 1.19 bits per heavy atom. The number of nitrogens with zero attached hydrogens (tertiary/aromatic N) is 1. The highest BCUT2D eigenvalue weighted by Crippen LogP contribution is 2.36. The molecule has 7 heteroatoms. The molecule has 1 fully saturated rings. The Morgan fingerprint density at radius 2 is 1.92 bits per heavy atom. The van der Waals surface area contributed by atoms with Gasteiger partial charge < -0.3 is 9.84 Å². The number of imide groups is 1. The van der Waals surface area contributed by atoms with E-state index in [1.54, 1.807) is 48.5 Å². The number of benzene rings is 2. The lowest BCUT2D eigenvalue weighted by atomic mass is 10.2. The molecule has 26 heavy (non-hydrogen) atoms. The van der Waals surface area contributed by atoms with Crippen molar-refractivity contribution in [2.75, 3.05) is 11.5 Å². The Bertz CT molecular complexity index is 904. The molecule has 6 nitrogen and oxygen atoms in total. The number of carbonyl (C=O) groups is 3. The molecule has 0 unspecified atom stereocenters. The van der Waals surface area contributed by atoms with Crippen molar-refractivity contribution in [2.45, 2.75) is 6.92 Å². The van der Waals surface area contributed by atoms with Crippen LogP contribution in [0.4, 0.5) is 10.5 Å². The first-order chi connectivity index (χ1) is 12.4. The van der Waals surface area contributed by atoms with Crippen molar-refractivity contribution in [3.05, 3.63) is 64.6 Å². The molecule has 2 amide bonds. The van der Waals surface area contributed by atoms with Crippen LogP contribution in [0.15, 0.2) is 53.4 Å². The summed E-state index contributed by atoms with van der Waals surface area (Å²) in [6, 6.07) is 13.8. The Labute approximate surface area is 154 Å². The number of carboxylic acid groups (broad SMARTS) is 1. The van der Waals surface area contributed by atoms with Crippen molar-refractivity contribution >= 4 is 40.6 Å². The van der Waals surface area contributed by atoms with Gasteiger partial charge in [0.25, 0.3) is 11.1 Å². The molecule has 1 saturated heterocycles. The van der Waals surface area contributed by atoms with E-state index in [2.05, 4.69) is 0 Å². The van der Waals surface area contributed by atoms with Crippen LogP contribution in [0.3, 0.4) is 0 Å². The summed E-state index contributed by atoms with van der Waals surface area (Å²) in [6.07, 6.45) is 1.63. The number of aliphatic carboxylic acids is 1. The van der Waals surface area contributed by atoms with Crippen LogP contribution in [0.5, 0.6) is 5.75 Å². The number of aryl methyl sites for hydroxylation is 1. The monoisotopic (exact) mass is 369 g/mol. The van der Waals surface area contributed by atoms with E-state index in [0.29, 0.717) is 21.9 Å². The molecule has 0 radical (unpaired) electrons. The molecule has 132 valence electrons. The van der Waals surface area contributed by atoms with E-state index in [4.69, 9.17) is 9.84 Å². The maximum Gasteiger partial charge on any atom is 0.341 e. The van der Waals surface area contributed by atoms with Gasteiger partial charge in [0.1, 0.15) is 5.75 Å². The van der Waals surface area contributed by atoms with E-state index < -0.39 is 12.6 Å². The third kappa shape index (κ3) is 3.94. The molecule has 1 aliphatic heterocycles. The van der Waals surface area contributed by atoms with E-state index in [9.17, 15) is 14.4 Å². The molecule has 0 spiro atoms. The summed E-state index contributed by atoms with van der Waals surface area (Å²) < 4.78 is 5.06. The summed E-state index contributed by atoms with van der Waals surface area (Å²) in [5, 5.41) is 8.26. The van der Waals surface area contributed by atoms with Gasteiger partial charge in [0.05, 0.1) is 10.6 Å². The van der Waals surface area contributed by atoms with Crippen molar-refractivity contribution in [1.82, 2.24) is 0 Å². The highest BCUT2D eigenvalue weighted by atomic mass is 32.2. The van der Waals surface area contributed by atoms with Crippen molar-refractivity contribution in [3.63, 3.8) is 0 Å². The maximum atomic E-state index is 12.6. The average molecular weight is 369 g/mol. The normalized spacial score (nSPS) is 15.6. The standard InChI is InChI=1S/C19H15NO5S/c1-12-3-2-4-14(9-12)20-18(23)16(26-19(20)24)10-13-5-7-15(8-6-13)25-11-17(21)22/h2-10H,11H2,1H3,(H,21,22). The zero-order valence-corrected chi connectivity index (χ0v) is 14.7. The fourth-order valence-corrected chi connectivity index (χ4v) is 3.26. The van der Waals surface area contributed by atoms with Gasteiger partial charge in [-0.2, -0.15) is 0 Å². The lowest BCUT2D eigenvalue weighted by Gasteiger charge is -2.12. The highest BCUT2D eigenvalue weighted by molar-refractivity contribution is 8.19. The van der Waals surface area contributed by atoms with Gasteiger partial charge in [0, 0.05) is 0 Å². The van der Waals surface area contributed by atoms with Gasteiger partial charge >= 0.3 is 5.97 Å². The molecule has 1 aliphatic rings. The third-order valence-corrected chi connectivity index (χ3v) is 4.46. The van der Waals surface area contributed by atoms with Crippen molar-refractivity contribution in [2.24, 2.45) is 0 Å². The van der Waals surface area contributed by atoms with Crippen molar-refractivity contribution in [3.8, 4) is 5.75 Å². The second-order valence-electron chi connectivity index (χ2n) is 5.61. The van der Waals surface area contributed by atoms with Crippen molar-refractivity contribution < 1.29 is 24.2 Å². The molecule has 2 aromatic carbocycles. The number of hydrogen-bond acceptors (Lipinski definition) is 5. The van der Waals surface area contributed by atoms with Crippen LogP contribution in [0.1, 0.15) is 11.1 Å². The van der Waals surface area contributed by atoms with Gasteiger partial charge in [0.15, 0.2) is 6.61 Å². The number of amides is 2. The first-order valence-electron chi connectivity index (χ1n) is 7.73. The summed E-state index contributed by atoms with van der Waals surface area (Å²) in [5.41, 5.74) is 2.22. The number of rotatable bonds is 5. The minimum absolute atomic E-state index is 0.329. The van der Waals surface area contributed by atoms with Crippen LogP contribution < -0.4 is 9.64 Å². The van der Waals surface area contributed by atoms with Gasteiger partial charge in [0.2, 0.25) is 0 Å². The van der Waals surface area contributed by atoms with Gasteiger partial charge in [-0.15, -0.1) is 0 Å². The maximum absolute atomic E-state index is 12.6. The second kappa shape index (κ2) is 7.45. The van der Waals surface area contributed by atoms with Crippen LogP contribution in [0, 0.1) is 6.92 Å². The number of carboxylic acids is 1. The predicted molar refractivity (Wildman–Crippen MR) is 99.2 cm³/mol. The Hall–Kier alpha value is -3.06. The van der Waals surface area contributed by atoms with E-state index in [1.165, 1.54) is 0 Å². The molecule has 0 atom stereocenters. The Balaban J connectivity index is 1.78. The number of carbonyl (C=O) groups excluding carboxylic acids is 2. The molecule has 3 rings (SSSR count). The topological polar surface area (TPSA) is 83.9 Å². The molecule has 1 heterocycles. The van der Waals surface area contributed by atoms with E-state index in [-0.39, 0.29) is 11.1 Å². The van der Waals surface area contributed by atoms with Crippen LogP contribution in [-0.4, -0.2) is 28.8 Å². The summed E-state index contributed by atoms with van der Waals surface area (Å²) in [6.45, 7) is 1.47. The molecule has 0 aliphatic carbocycles. The van der Waals surface area contributed by atoms with Crippen LogP contribution in [0.25, 0.3) is 6.08 Å². The third-order valence-electron chi connectivity index (χ3n) is 3.59. The number of anilines is 1. The van der Waals surface area contributed by atoms with Crippen molar-refractivity contribution in [1.29, 1.82) is 0 Å². The van der Waals surface area contributed by atoms with E-state index in [0.717, 1.165) is 22.2 Å². The molecular formula is C19H15NO5S. The predicted octanol–water partition coefficient (Wildman–Crippen LogP) is 3.70. The average Bonchev–Trinajstić information content (AvgIpc) is 2.88. The van der Waals surface area contributed by atoms with Crippen LogP contribution in [-0.2, 0) is 9.59 Å². The molecule has 0 saturated carbocycles. The molecule has 1 N–H and O–H groups in total. The summed E-state index contributed by atoms with van der Waals surface area (Å²) >= 11 is 0.885. The fraction of sp³-hybridized carbons (Fsp3) is 0.105. The highest BCUT2D eigenvalue weighted by Gasteiger charge is 2.36. The van der Waals surface area contributed by atoms with E-state index in [1.807, 2.05) is 13.0 Å². The second-order valence-corrected chi connectivity index (χ2v) is 6.60. The van der Waals surface area contributed by atoms with Crippen LogP contribution >= 0.6 is 11.8 Å². The minimum atomic E-state index is -1.06. The zero-order valence-electron chi connectivity index (χ0n) is 13.8. The molecule has 0 bridgehead atoms.